The van der Waals surface area contributed by atoms with E-state index in [4.69, 9.17) is 0 Å². The lowest BCUT2D eigenvalue weighted by Gasteiger charge is -2.39. The van der Waals surface area contributed by atoms with Crippen molar-refractivity contribution in [2.45, 2.75) is 19.8 Å². The summed E-state index contributed by atoms with van der Waals surface area (Å²) in [6.07, 6.45) is 3.15. The second-order valence-electron chi connectivity index (χ2n) is 9.48. The number of anilines is 1. The Kier molecular flexibility index (Phi) is 6.80. The van der Waals surface area contributed by atoms with E-state index in [2.05, 4.69) is 34.1 Å². The van der Waals surface area contributed by atoms with Crippen LogP contribution in [0.15, 0.2) is 72.9 Å². The summed E-state index contributed by atoms with van der Waals surface area (Å²) in [7, 11) is 0. The molecule has 2 amide bonds. The molecule has 2 aliphatic heterocycles. The van der Waals surface area contributed by atoms with Crippen LogP contribution in [0.2, 0.25) is 0 Å². The van der Waals surface area contributed by atoms with E-state index >= 15 is 0 Å². The molecule has 180 valence electrons. The van der Waals surface area contributed by atoms with E-state index in [9.17, 15) is 9.59 Å². The van der Waals surface area contributed by atoms with Gasteiger partial charge in [0.1, 0.15) is 0 Å². The molecule has 3 aromatic rings. The van der Waals surface area contributed by atoms with Gasteiger partial charge >= 0.3 is 0 Å². The molecule has 0 saturated carbocycles. The number of carbonyl (C=O) groups is 2. The van der Waals surface area contributed by atoms with Crippen LogP contribution in [0.3, 0.4) is 0 Å². The summed E-state index contributed by atoms with van der Waals surface area (Å²) in [6, 6.07) is 22.1. The molecule has 35 heavy (non-hydrogen) atoms. The van der Waals surface area contributed by atoms with Crippen molar-refractivity contribution in [3.05, 3.63) is 84.1 Å². The maximum Gasteiger partial charge on any atom is 0.256 e. The number of rotatable bonds is 4. The molecular weight excluding hydrogens is 436 g/mol. The first-order valence-corrected chi connectivity index (χ1v) is 12.5. The third-order valence-electron chi connectivity index (χ3n) is 7.21. The van der Waals surface area contributed by atoms with Gasteiger partial charge in [-0.2, -0.15) is 0 Å². The standard InChI is InChI=1S/C29H32N4O2/c1-22-9-11-23(12-10-22)27-26(8-5-15-30-27)29(35)32-16-13-24(14-17-32)28(34)33-20-18-31(19-21-33)25-6-3-2-4-7-25/h2-12,15,24H,13-14,16-21H2,1H3. The Hall–Kier alpha value is -3.67. The number of hydrogen-bond acceptors (Lipinski definition) is 4. The molecule has 2 fully saturated rings. The second-order valence-corrected chi connectivity index (χ2v) is 9.48. The first kappa shape index (κ1) is 23.1. The normalized spacial score (nSPS) is 16.9. The van der Waals surface area contributed by atoms with Crippen LogP contribution in [0.5, 0.6) is 0 Å². The van der Waals surface area contributed by atoms with Gasteiger partial charge in [-0.05, 0) is 44.0 Å². The fourth-order valence-corrected chi connectivity index (χ4v) is 5.10. The molecule has 5 rings (SSSR count). The summed E-state index contributed by atoms with van der Waals surface area (Å²) in [5.41, 5.74) is 4.67. The van der Waals surface area contributed by atoms with Crippen LogP contribution in [0.4, 0.5) is 5.69 Å². The van der Waals surface area contributed by atoms with E-state index in [0.717, 1.165) is 31.7 Å². The van der Waals surface area contributed by atoms with Gasteiger partial charge in [0.15, 0.2) is 0 Å². The van der Waals surface area contributed by atoms with E-state index in [1.165, 1.54) is 11.3 Å². The van der Waals surface area contributed by atoms with Crippen LogP contribution in [-0.2, 0) is 4.79 Å². The number of aryl methyl sites for hydroxylation is 1. The highest BCUT2D eigenvalue weighted by molar-refractivity contribution is 6.00. The summed E-state index contributed by atoms with van der Waals surface area (Å²) in [6.45, 7) is 6.46. The molecular formula is C29H32N4O2. The number of carbonyl (C=O) groups excluding carboxylic acids is 2. The zero-order chi connectivity index (χ0) is 24.2. The number of para-hydroxylation sites is 1. The molecule has 6 nitrogen and oxygen atoms in total. The molecule has 0 spiro atoms. The number of nitrogens with zero attached hydrogens (tertiary/aromatic N) is 4. The first-order chi connectivity index (χ1) is 17.1. The predicted molar refractivity (Wildman–Crippen MR) is 138 cm³/mol. The third kappa shape index (κ3) is 5.06. The third-order valence-corrected chi connectivity index (χ3v) is 7.21. The van der Waals surface area contributed by atoms with E-state index in [-0.39, 0.29) is 17.7 Å². The fourth-order valence-electron chi connectivity index (χ4n) is 5.10. The highest BCUT2D eigenvalue weighted by Crippen LogP contribution is 2.26. The number of likely N-dealkylation sites (tertiary alicyclic amines) is 1. The van der Waals surface area contributed by atoms with E-state index in [0.29, 0.717) is 37.2 Å². The van der Waals surface area contributed by atoms with Gasteiger partial charge in [0.25, 0.3) is 5.91 Å². The Morgan fingerprint density at radius 2 is 1.46 bits per heavy atom. The summed E-state index contributed by atoms with van der Waals surface area (Å²) in [5, 5.41) is 0. The van der Waals surface area contributed by atoms with Crippen molar-refractivity contribution in [2.75, 3.05) is 44.2 Å². The molecule has 0 aliphatic carbocycles. The highest BCUT2D eigenvalue weighted by Gasteiger charge is 2.32. The lowest BCUT2D eigenvalue weighted by molar-refractivity contribution is -0.137. The zero-order valence-electron chi connectivity index (χ0n) is 20.3. The summed E-state index contributed by atoms with van der Waals surface area (Å²) in [5.74, 6) is 0.232. The van der Waals surface area contributed by atoms with E-state index in [1.54, 1.807) is 6.20 Å². The van der Waals surface area contributed by atoms with Gasteiger partial charge in [-0.3, -0.25) is 14.6 Å². The van der Waals surface area contributed by atoms with Crippen molar-refractivity contribution in [1.29, 1.82) is 0 Å². The number of hydrogen-bond donors (Lipinski definition) is 0. The van der Waals surface area contributed by atoms with Crippen LogP contribution in [-0.4, -0.2) is 65.9 Å². The van der Waals surface area contributed by atoms with Gasteiger partial charge < -0.3 is 14.7 Å². The number of benzene rings is 2. The van der Waals surface area contributed by atoms with E-state index < -0.39 is 0 Å². The van der Waals surface area contributed by atoms with Crippen LogP contribution >= 0.6 is 0 Å². The molecule has 2 aromatic carbocycles. The van der Waals surface area contributed by atoms with Crippen molar-refractivity contribution in [3.63, 3.8) is 0 Å². The Morgan fingerprint density at radius 1 is 0.771 bits per heavy atom. The van der Waals surface area contributed by atoms with Crippen LogP contribution in [0.1, 0.15) is 28.8 Å². The van der Waals surface area contributed by atoms with Gasteiger partial charge in [0.05, 0.1) is 11.3 Å². The van der Waals surface area contributed by atoms with Crippen molar-refractivity contribution in [1.82, 2.24) is 14.8 Å². The van der Waals surface area contributed by atoms with Crippen LogP contribution < -0.4 is 4.90 Å². The average molecular weight is 469 g/mol. The van der Waals surface area contributed by atoms with Crippen LogP contribution in [0.25, 0.3) is 11.3 Å². The molecule has 3 heterocycles. The Morgan fingerprint density at radius 3 is 2.14 bits per heavy atom. The van der Waals surface area contributed by atoms with Crippen molar-refractivity contribution < 1.29 is 9.59 Å². The molecule has 0 unspecified atom stereocenters. The van der Waals surface area contributed by atoms with E-state index in [1.807, 2.05) is 59.2 Å². The lowest BCUT2D eigenvalue weighted by atomic mass is 9.94. The first-order valence-electron chi connectivity index (χ1n) is 12.5. The maximum atomic E-state index is 13.4. The molecule has 0 atom stereocenters. The minimum Gasteiger partial charge on any atom is -0.368 e. The number of piperidine rings is 1. The minimum absolute atomic E-state index is 0.00366. The quantitative estimate of drug-likeness (QED) is 0.574. The van der Waals surface area contributed by atoms with Gasteiger partial charge in [-0.1, -0.05) is 48.0 Å². The largest absolute Gasteiger partial charge is 0.368 e. The molecule has 6 heteroatoms. The zero-order valence-corrected chi connectivity index (χ0v) is 20.3. The van der Waals surface area contributed by atoms with Crippen molar-refractivity contribution in [2.24, 2.45) is 5.92 Å². The summed E-state index contributed by atoms with van der Waals surface area (Å²) >= 11 is 0. The summed E-state index contributed by atoms with van der Waals surface area (Å²) in [4.78, 5) is 37.3. The number of amides is 2. The number of piperazine rings is 1. The fraction of sp³-hybridized carbons (Fsp3) is 0.345. The molecule has 1 aromatic heterocycles. The van der Waals surface area contributed by atoms with Gasteiger partial charge in [0, 0.05) is 62.6 Å². The smallest absolute Gasteiger partial charge is 0.256 e. The number of pyridine rings is 1. The van der Waals surface area contributed by atoms with Gasteiger partial charge in [-0.15, -0.1) is 0 Å². The monoisotopic (exact) mass is 468 g/mol. The topological polar surface area (TPSA) is 56.8 Å². The predicted octanol–water partition coefficient (Wildman–Crippen LogP) is 4.26. The van der Waals surface area contributed by atoms with Gasteiger partial charge in [0.2, 0.25) is 5.91 Å². The van der Waals surface area contributed by atoms with Crippen molar-refractivity contribution >= 4 is 17.5 Å². The maximum absolute atomic E-state index is 13.4. The van der Waals surface area contributed by atoms with Crippen molar-refractivity contribution in [3.8, 4) is 11.3 Å². The molecule has 0 radical (unpaired) electrons. The SMILES string of the molecule is Cc1ccc(-c2ncccc2C(=O)N2CCC(C(=O)N3CCN(c4ccccc4)CC3)CC2)cc1. The molecule has 2 saturated heterocycles. The highest BCUT2D eigenvalue weighted by atomic mass is 16.2. The van der Waals surface area contributed by atoms with Gasteiger partial charge in [-0.25, -0.2) is 0 Å². The molecule has 2 aliphatic rings. The Balaban J connectivity index is 1.18. The second kappa shape index (κ2) is 10.3. The minimum atomic E-state index is -0.00667. The lowest BCUT2D eigenvalue weighted by Crippen LogP contribution is -2.52. The summed E-state index contributed by atoms with van der Waals surface area (Å²) < 4.78 is 0. The average Bonchev–Trinajstić information content (AvgIpc) is 2.93. The Bertz CT molecular complexity index is 1160. The Labute approximate surface area is 207 Å². The number of aromatic nitrogens is 1. The van der Waals surface area contributed by atoms with Crippen LogP contribution in [0, 0.1) is 12.8 Å². The molecule has 0 bridgehead atoms. The molecule has 0 N–H and O–H groups in total.